The Hall–Kier alpha value is -0.570. The van der Waals surface area contributed by atoms with Crippen LogP contribution >= 0.6 is 0 Å². The fraction of sp³-hybridized carbons (Fsp3) is 0.875. The van der Waals surface area contributed by atoms with Gasteiger partial charge in [0.2, 0.25) is 0 Å². The Balaban J connectivity index is 2.57. The van der Waals surface area contributed by atoms with Gasteiger partial charge in [0.15, 0.2) is 0 Å². The molecule has 1 saturated carbocycles. The molecular weight excluding hydrogens is 144 g/mol. The van der Waals surface area contributed by atoms with Crippen molar-refractivity contribution in [3.8, 4) is 0 Å². The van der Waals surface area contributed by atoms with Crippen LogP contribution in [0.3, 0.4) is 0 Å². The van der Waals surface area contributed by atoms with Gasteiger partial charge in [-0.05, 0) is 18.8 Å². The molecule has 0 aromatic rings. The van der Waals surface area contributed by atoms with Gasteiger partial charge >= 0.3 is 5.97 Å². The van der Waals surface area contributed by atoms with Crippen molar-refractivity contribution in [2.45, 2.75) is 32.3 Å². The van der Waals surface area contributed by atoms with Gasteiger partial charge in [-0.1, -0.05) is 13.3 Å². The summed E-state index contributed by atoms with van der Waals surface area (Å²) in [4.78, 5) is 10.6. The predicted octanol–water partition coefficient (Wildman–Crippen LogP) is 0.868. The highest BCUT2D eigenvalue weighted by atomic mass is 16.4. The van der Waals surface area contributed by atoms with E-state index < -0.39 is 5.97 Å². The molecule has 3 heteroatoms. The smallest absolute Gasteiger partial charge is 0.306 e. The number of aliphatic carboxylic acids is 1. The van der Waals surface area contributed by atoms with E-state index in [-0.39, 0.29) is 17.9 Å². The summed E-state index contributed by atoms with van der Waals surface area (Å²) in [6, 6.07) is 0. The van der Waals surface area contributed by atoms with Gasteiger partial charge in [-0.25, -0.2) is 0 Å². The number of aliphatic hydroxyl groups excluding tert-OH is 1. The molecule has 0 aliphatic heterocycles. The van der Waals surface area contributed by atoms with E-state index in [0.29, 0.717) is 12.8 Å². The van der Waals surface area contributed by atoms with Gasteiger partial charge in [-0.2, -0.15) is 0 Å². The number of aliphatic hydroxyl groups is 1. The third kappa shape index (κ3) is 1.71. The molecule has 1 fully saturated rings. The van der Waals surface area contributed by atoms with Crippen molar-refractivity contribution in [2.24, 2.45) is 11.8 Å². The highest BCUT2D eigenvalue weighted by Crippen LogP contribution is 2.34. The van der Waals surface area contributed by atoms with Crippen molar-refractivity contribution < 1.29 is 15.0 Å². The monoisotopic (exact) mass is 158 g/mol. The number of hydrogen-bond donors (Lipinski definition) is 2. The molecule has 0 saturated heterocycles. The number of hydrogen-bond acceptors (Lipinski definition) is 2. The van der Waals surface area contributed by atoms with Crippen LogP contribution < -0.4 is 0 Å². The zero-order valence-corrected chi connectivity index (χ0v) is 6.66. The van der Waals surface area contributed by atoms with Crippen LogP contribution in [0.2, 0.25) is 0 Å². The van der Waals surface area contributed by atoms with E-state index in [2.05, 4.69) is 0 Å². The molecule has 0 bridgehead atoms. The van der Waals surface area contributed by atoms with Gasteiger partial charge in [-0.3, -0.25) is 4.79 Å². The van der Waals surface area contributed by atoms with Crippen LogP contribution in [0.1, 0.15) is 26.2 Å². The third-order valence-electron chi connectivity index (χ3n) is 2.51. The summed E-state index contributed by atoms with van der Waals surface area (Å²) in [5, 5.41) is 17.9. The fourth-order valence-corrected chi connectivity index (χ4v) is 1.85. The summed E-state index contributed by atoms with van der Waals surface area (Å²) in [6.45, 7) is 1.97. The van der Waals surface area contributed by atoms with Gasteiger partial charge in [0, 0.05) is 0 Å². The Kier molecular flexibility index (Phi) is 2.49. The Bertz CT molecular complexity index is 155. The molecule has 1 rings (SSSR count). The second kappa shape index (κ2) is 3.22. The minimum absolute atomic E-state index is 0.183. The summed E-state index contributed by atoms with van der Waals surface area (Å²) in [5.74, 6) is -0.883. The number of carbonyl (C=O) groups is 1. The molecule has 0 aromatic carbocycles. The predicted molar refractivity (Wildman–Crippen MR) is 40.1 cm³/mol. The standard InChI is InChI=1S/C8H14O3/c1-2-5-3-6(9)4-7(5)8(10)11/h5-7,9H,2-4H2,1H3,(H,10,11). The summed E-state index contributed by atoms with van der Waals surface area (Å²) < 4.78 is 0. The highest BCUT2D eigenvalue weighted by molar-refractivity contribution is 5.70. The van der Waals surface area contributed by atoms with Crippen LogP contribution in [-0.2, 0) is 4.79 Å². The second-order valence-electron chi connectivity index (χ2n) is 3.24. The molecule has 3 atom stereocenters. The van der Waals surface area contributed by atoms with Crippen molar-refractivity contribution in [2.75, 3.05) is 0 Å². The molecule has 11 heavy (non-hydrogen) atoms. The van der Waals surface area contributed by atoms with Crippen LogP contribution in [0.4, 0.5) is 0 Å². The van der Waals surface area contributed by atoms with E-state index in [1.54, 1.807) is 0 Å². The lowest BCUT2D eigenvalue weighted by molar-refractivity contribution is -0.143. The first kappa shape index (κ1) is 8.53. The normalized spacial score (nSPS) is 37.5. The first-order chi connectivity index (χ1) is 5.15. The van der Waals surface area contributed by atoms with E-state index >= 15 is 0 Å². The highest BCUT2D eigenvalue weighted by Gasteiger charge is 2.36. The number of rotatable bonds is 2. The maximum absolute atomic E-state index is 10.6. The van der Waals surface area contributed by atoms with Gasteiger partial charge in [-0.15, -0.1) is 0 Å². The van der Waals surface area contributed by atoms with E-state index in [9.17, 15) is 9.90 Å². The largest absolute Gasteiger partial charge is 0.481 e. The first-order valence-corrected chi connectivity index (χ1v) is 4.06. The van der Waals surface area contributed by atoms with Gasteiger partial charge < -0.3 is 10.2 Å². The summed E-state index contributed by atoms with van der Waals surface area (Å²) in [6.07, 6.45) is 1.57. The molecule has 0 spiro atoms. The van der Waals surface area contributed by atoms with Crippen molar-refractivity contribution >= 4 is 5.97 Å². The van der Waals surface area contributed by atoms with Crippen LogP contribution in [0.25, 0.3) is 0 Å². The summed E-state index contributed by atoms with van der Waals surface area (Å²) >= 11 is 0. The number of carboxylic acids is 1. The van der Waals surface area contributed by atoms with Crippen molar-refractivity contribution in [3.63, 3.8) is 0 Å². The molecular formula is C8H14O3. The van der Waals surface area contributed by atoms with Gasteiger partial charge in [0.25, 0.3) is 0 Å². The van der Waals surface area contributed by atoms with Gasteiger partial charge in [0.05, 0.1) is 12.0 Å². The fourth-order valence-electron chi connectivity index (χ4n) is 1.85. The van der Waals surface area contributed by atoms with E-state index in [4.69, 9.17) is 5.11 Å². The van der Waals surface area contributed by atoms with Gasteiger partial charge in [0.1, 0.15) is 0 Å². The molecule has 0 radical (unpaired) electrons. The van der Waals surface area contributed by atoms with E-state index in [1.165, 1.54) is 0 Å². The summed E-state index contributed by atoms with van der Waals surface area (Å²) in [5.41, 5.74) is 0. The van der Waals surface area contributed by atoms with Crippen LogP contribution in [-0.4, -0.2) is 22.3 Å². The number of carboxylic acid groups (broad SMARTS) is 1. The Labute approximate surface area is 66.0 Å². The van der Waals surface area contributed by atoms with Crippen LogP contribution in [0.5, 0.6) is 0 Å². The SMILES string of the molecule is CCC1CC(O)CC1C(=O)O. The van der Waals surface area contributed by atoms with E-state index in [1.807, 2.05) is 6.92 Å². The molecule has 0 aromatic heterocycles. The lowest BCUT2D eigenvalue weighted by atomic mass is 9.94. The van der Waals surface area contributed by atoms with E-state index in [0.717, 1.165) is 6.42 Å². The molecule has 3 unspecified atom stereocenters. The quantitative estimate of drug-likeness (QED) is 0.627. The topological polar surface area (TPSA) is 57.5 Å². The maximum Gasteiger partial charge on any atom is 0.306 e. The maximum atomic E-state index is 10.6. The minimum Gasteiger partial charge on any atom is -0.481 e. The molecule has 3 nitrogen and oxygen atoms in total. The van der Waals surface area contributed by atoms with Crippen molar-refractivity contribution in [1.29, 1.82) is 0 Å². The molecule has 1 aliphatic carbocycles. The van der Waals surface area contributed by atoms with Crippen molar-refractivity contribution in [1.82, 2.24) is 0 Å². The second-order valence-corrected chi connectivity index (χ2v) is 3.24. The first-order valence-electron chi connectivity index (χ1n) is 4.06. The molecule has 2 N–H and O–H groups in total. The summed E-state index contributed by atoms with van der Waals surface area (Å²) in [7, 11) is 0. The zero-order chi connectivity index (χ0) is 8.43. The Morgan fingerprint density at radius 3 is 2.55 bits per heavy atom. The van der Waals surface area contributed by atoms with Crippen molar-refractivity contribution in [3.05, 3.63) is 0 Å². The molecule has 1 aliphatic rings. The Morgan fingerprint density at radius 2 is 2.18 bits per heavy atom. The molecule has 64 valence electrons. The third-order valence-corrected chi connectivity index (χ3v) is 2.51. The minimum atomic E-state index is -0.756. The average Bonchev–Trinajstić information content (AvgIpc) is 2.30. The Morgan fingerprint density at radius 1 is 1.55 bits per heavy atom. The van der Waals surface area contributed by atoms with Crippen LogP contribution in [0, 0.1) is 11.8 Å². The average molecular weight is 158 g/mol. The molecule has 0 heterocycles. The lowest BCUT2D eigenvalue weighted by Crippen LogP contribution is -2.17. The lowest BCUT2D eigenvalue weighted by Gasteiger charge is -2.11. The van der Waals surface area contributed by atoms with Crippen LogP contribution in [0.15, 0.2) is 0 Å². The zero-order valence-electron chi connectivity index (χ0n) is 6.66. The molecule has 0 amide bonds.